The van der Waals surface area contributed by atoms with Crippen molar-refractivity contribution in [1.82, 2.24) is 9.62 Å². The van der Waals surface area contributed by atoms with Gasteiger partial charge in [-0.05, 0) is 24.0 Å². The molecule has 27 heavy (non-hydrogen) atoms. The highest BCUT2D eigenvalue weighted by atomic mass is 32.2. The first kappa shape index (κ1) is 19.4. The van der Waals surface area contributed by atoms with Crippen molar-refractivity contribution < 1.29 is 8.42 Å². The summed E-state index contributed by atoms with van der Waals surface area (Å²) in [6.45, 7) is 1.10. The Morgan fingerprint density at radius 2 is 1.70 bits per heavy atom. The molecular weight excluding hydrogens is 360 g/mol. The Balaban J connectivity index is 1.74. The maximum absolute atomic E-state index is 11.9. The molecule has 0 aliphatic carbocycles. The predicted molar refractivity (Wildman–Crippen MR) is 109 cm³/mol. The molecule has 1 aliphatic rings. The van der Waals surface area contributed by atoms with Crippen molar-refractivity contribution in [3.63, 3.8) is 0 Å². The van der Waals surface area contributed by atoms with Crippen molar-refractivity contribution in [2.45, 2.75) is 24.9 Å². The Morgan fingerprint density at radius 3 is 2.30 bits per heavy atom. The van der Waals surface area contributed by atoms with E-state index in [-0.39, 0.29) is 12.1 Å². The molecule has 0 unspecified atom stereocenters. The van der Waals surface area contributed by atoms with Crippen molar-refractivity contribution in [2.24, 2.45) is 10.7 Å². The number of hydrogen-bond donors (Lipinski definition) is 2. The molecule has 0 saturated carbocycles. The van der Waals surface area contributed by atoms with Crippen LogP contribution < -0.4 is 10.5 Å². The van der Waals surface area contributed by atoms with Gasteiger partial charge in [-0.25, -0.2) is 13.1 Å². The normalized spacial score (nSPS) is 18.3. The highest BCUT2D eigenvalue weighted by Gasteiger charge is 2.29. The summed E-state index contributed by atoms with van der Waals surface area (Å²) in [5, 5.41) is 0. The van der Waals surface area contributed by atoms with Gasteiger partial charge >= 0.3 is 0 Å². The highest BCUT2D eigenvalue weighted by Crippen LogP contribution is 2.16. The molecule has 6 nitrogen and oxygen atoms in total. The lowest BCUT2D eigenvalue weighted by Crippen LogP contribution is -2.51. The maximum Gasteiger partial charge on any atom is 0.209 e. The first-order chi connectivity index (χ1) is 12.9. The van der Waals surface area contributed by atoms with Crippen LogP contribution >= 0.6 is 0 Å². The lowest BCUT2D eigenvalue weighted by molar-refractivity contribution is 0.307. The summed E-state index contributed by atoms with van der Waals surface area (Å²) in [5.74, 6) is 0.476. The maximum atomic E-state index is 11.9. The largest absolute Gasteiger partial charge is 0.370 e. The van der Waals surface area contributed by atoms with Crippen molar-refractivity contribution in [2.75, 3.05) is 19.3 Å². The molecule has 1 heterocycles. The zero-order valence-corrected chi connectivity index (χ0v) is 16.3. The average Bonchev–Trinajstić information content (AvgIpc) is 2.95. The summed E-state index contributed by atoms with van der Waals surface area (Å²) in [6.07, 6.45) is 2.60. The van der Waals surface area contributed by atoms with Crippen molar-refractivity contribution in [1.29, 1.82) is 0 Å². The number of benzene rings is 2. The van der Waals surface area contributed by atoms with Gasteiger partial charge in [0.1, 0.15) is 0 Å². The number of aliphatic imine (C=N–C) groups is 1. The van der Waals surface area contributed by atoms with Gasteiger partial charge in [0.25, 0.3) is 0 Å². The Labute approximate surface area is 161 Å². The van der Waals surface area contributed by atoms with Crippen LogP contribution in [-0.2, 0) is 22.9 Å². The zero-order chi connectivity index (χ0) is 19.3. The monoisotopic (exact) mass is 386 g/mol. The lowest BCUT2D eigenvalue weighted by Gasteiger charge is -2.30. The minimum absolute atomic E-state index is 0.132. The van der Waals surface area contributed by atoms with Crippen LogP contribution in [0.25, 0.3) is 0 Å². The average molecular weight is 387 g/mol. The Morgan fingerprint density at radius 1 is 1.11 bits per heavy atom. The molecule has 0 bridgehead atoms. The zero-order valence-electron chi connectivity index (χ0n) is 15.5. The molecule has 144 valence electrons. The van der Waals surface area contributed by atoms with Gasteiger partial charge < -0.3 is 10.6 Å². The number of nitrogens with one attached hydrogen (secondary N) is 1. The molecule has 0 fully saturated rings. The molecule has 2 atom stereocenters. The van der Waals surface area contributed by atoms with Gasteiger partial charge in [0.2, 0.25) is 10.0 Å². The van der Waals surface area contributed by atoms with E-state index < -0.39 is 10.0 Å². The first-order valence-corrected chi connectivity index (χ1v) is 10.9. The number of rotatable bonds is 8. The topological polar surface area (TPSA) is 87.8 Å². The van der Waals surface area contributed by atoms with Gasteiger partial charge in [-0.2, -0.15) is 0 Å². The van der Waals surface area contributed by atoms with Crippen LogP contribution in [0.4, 0.5) is 0 Å². The molecule has 0 spiro atoms. The first-order valence-electron chi connectivity index (χ1n) is 9.02. The third kappa shape index (κ3) is 5.80. The van der Waals surface area contributed by atoms with Gasteiger partial charge in [0.05, 0.1) is 18.8 Å². The molecule has 0 aromatic heterocycles. The van der Waals surface area contributed by atoms with Crippen LogP contribution in [0, 0.1) is 0 Å². The number of hydrogen-bond acceptors (Lipinski definition) is 5. The second-order valence-electron chi connectivity index (χ2n) is 6.97. The summed E-state index contributed by atoms with van der Waals surface area (Å²) in [4.78, 5) is 6.42. The quantitative estimate of drug-likeness (QED) is 0.718. The molecule has 7 heteroatoms. The molecule has 2 aromatic rings. The van der Waals surface area contributed by atoms with Crippen LogP contribution in [0.5, 0.6) is 0 Å². The molecule has 0 radical (unpaired) electrons. The smallest absolute Gasteiger partial charge is 0.209 e. The fraction of sp³-hybridized carbons (Fsp3) is 0.350. The van der Waals surface area contributed by atoms with E-state index >= 15 is 0 Å². The van der Waals surface area contributed by atoms with Gasteiger partial charge in [-0.1, -0.05) is 60.7 Å². The molecule has 3 rings (SSSR count). The molecule has 0 amide bonds. The van der Waals surface area contributed by atoms with Crippen molar-refractivity contribution in [3.8, 4) is 0 Å². The SMILES string of the molecule is CS(=O)(=O)N[C@@H](Cc1ccccc1)CN1C(N)=NC[C@@H]1Cc1ccccc1. The van der Waals surface area contributed by atoms with Crippen molar-refractivity contribution >= 4 is 16.0 Å². The van der Waals surface area contributed by atoms with Gasteiger partial charge in [-0.3, -0.25) is 4.99 Å². The minimum Gasteiger partial charge on any atom is -0.370 e. The van der Waals surface area contributed by atoms with Gasteiger partial charge in [0, 0.05) is 12.6 Å². The summed E-state index contributed by atoms with van der Waals surface area (Å²) >= 11 is 0. The second kappa shape index (κ2) is 8.54. The van der Waals surface area contributed by atoms with E-state index in [9.17, 15) is 8.42 Å². The summed E-state index contributed by atoms with van der Waals surface area (Å²) < 4.78 is 26.5. The van der Waals surface area contributed by atoms with E-state index in [2.05, 4.69) is 21.8 Å². The number of guanidine groups is 1. The van der Waals surface area contributed by atoms with Crippen LogP contribution in [0.2, 0.25) is 0 Å². The standard InChI is InChI=1S/C20H26N4O2S/c1-27(25,26)23-18(12-16-8-4-2-5-9-16)15-24-19(14-22-20(24)21)13-17-10-6-3-7-11-17/h2-11,18-19,23H,12-15H2,1H3,(H2,21,22)/t18-,19-/m0/s1. The minimum atomic E-state index is -3.34. The van der Waals surface area contributed by atoms with Crippen LogP contribution in [0.3, 0.4) is 0 Å². The van der Waals surface area contributed by atoms with E-state index in [1.165, 1.54) is 11.8 Å². The fourth-order valence-electron chi connectivity index (χ4n) is 3.46. The second-order valence-corrected chi connectivity index (χ2v) is 8.75. The van der Waals surface area contributed by atoms with Crippen LogP contribution in [-0.4, -0.2) is 50.7 Å². The van der Waals surface area contributed by atoms with E-state index in [0.717, 1.165) is 12.0 Å². The highest BCUT2D eigenvalue weighted by molar-refractivity contribution is 7.88. The van der Waals surface area contributed by atoms with E-state index in [1.807, 2.05) is 53.4 Å². The fourth-order valence-corrected chi connectivity index (χ4v) is 4.22. The Bertz CT molecular complexity index is 869. The molecule has 0 saturated heterocycles. The lowest BCUT2D eigenvalue weighted by atomic mass is 10.0. The molecular formula is C20H26N4O2S. The molecule has 1 aliphatic heterocycles. The summed E-state index contributed by atoms with van der Waals surface area (Å²) in [6, 6.07) is 19.9. The van der Waals surface area contributed by atoms with E-state index in [1.54, 1.807) is 0 Å². The number of nitrogens with zero attached hydrogens (tertiary/aromatic N) is 2. The number of nitrogens with two attached hydrogens (primary N) is 1. The summed E-state index contributed by atoms with van der Waals surface area (Å²) in [7, 11) is -3.34. The summed E-state index contributed by atoms with van der Waals surface area (Å²) in [5.41, 5.74) is 8.42. The van der Waals surface area contributed by atoms with E-state index in [4.69, 9.17) is 5.73 Å². The Hall–Kier alpha value is -2.38. The molecule has 2 aromatic carbocycles. The third-order valence-corrected chi connectivity index (χ3v) is 5.40. The van der Waals surface area contributed by atoms with Gasteiger partial charge in [-0.15, -0.1) is 0 Å². The third-order valence-electron chi connectivity index (χ3n) is 4.64. The number of sulfonamides is 1. The molecule has 3 N–H and O–H groups in total. The van der Waals surface area contributed by atoms with E-state index in [0.29, 0.717) is 25.5 Å². The van der Waals surface area contributed by atoms with Crippen LogP contribution in [0.15, 0.2) is 65.7 Å². The van der Waals surface area contributed by atoms with Crippen LogP contribution in [0.1, 0.15) is 11.1 Å². The predicted octanol–water partition coefficient (Wildman–Crippen LogP) is 1.39. The van der Waals surface area contributed by atoms with Crippen molar-refractivity contribution in [3.05, 3.63) is 71.8 Å². The van der Waals surface area contributed by atoms with Gasteiger partial charge in [0.15, 0.2) is 5.96 Å². The Kier molecular flexibility index (Phi) is 6.13.